The number of aromatic hydroxyl groups is 1. The van der Waals surface area contributed by atoms with Crippen LogP contribution >= 0.6 is 0 Å². The molecule has 3 N–H and O–H groups in total. The molecule has 1 aromatic carbocycles. The van der Waals surface area contributed by atoms with Gasteiger partial charge in [0.2, 0.25) is 0 Å². The zero-order valence-electron chi connectivity index (χ0n) is 8.40. The summed E-state index contributed by atoms with van der Waals surface area (Å²) in [4.78, 5) is 0. The molecule has 15 heavy (non-hydrogen) atoms. The smallest absolute Gasteiger partial charge is 0.165 e. The van der Waals surface area contributed by atoms with E-state index in [1.807, 2.05) is 6.07 Å². The van der Waals surface area contributed by atoms with Gasteiger partial charge in [0.05, 0.1) is 18.7 Å². The minimum absolute atomic E-state index is 0.0150. The first kappa shape index (κ1) is 11.1. The summed E-state index contributed by atoms with van der Waals surface area (Å²) in [6.45, 7) is 0.374. The number of hydrogen-bond acceptors (Lipinski definition) is 4. The lowest BCUT2D eigenvalue weighted by Crippen LogP contribution is -1.93. The van der Waals surface area contributed by atoms with Crippen molar-refractivity contribution in [3.8, 4) is 17.6 Å². The Morgan fingerprint density at radius 3 is 2.87 bits per heavy atom. The van der Waals surface area contributed by atoms with Gasteiger partial charge >= 0.3 is 0 Å². The van der Waals surface area contributed by atoms with E-state index in [0.717, 1.165) is 0 Å². The van der Waals surface area contributed by atoms with Gasteiger partial charge in [-0.05, 0) is 6.07 Å². The summed E-state index contributed by atoms with van der Waals surface area (Å²) in [6, 6.07) is 5.04. The van der Waals surface area contributed by atoms with Crippen LogP contribution in [0.3, 0.4) is 0 Å². The van der Waals surface area contributed by atoms with Gasteiger partial charge in [0, 0.05) is 18.2 Å². The molecule has 1 aromatic rings. The molecule has 4 heteroatoms. The number of ether oxygens (including phenoxy) is 1. The number of methoxy groups -OCH3 is 1. The highest BCUT2D eigenvalue weighted by Crippen LogP contribution is 2.31. The molecule has 0 saturated carbocycles. The number of phenols is 1. The molecule has 0 atom stereocenters. The van der Waals surface area contributed by atoms with Crippen LogP contribution in [0.1, 0.15) is 11.1 Å². The molecule has 0 fully saturated rings. The van der Waals surface area contributed by atoms with E-state index < -0.39 is 0 Å². The molecule has 1 rings (SSSR count). The molecule has 0 aliphatic heterocycles. The number of nitriles is 1. The molecular formula is C11H12N2O2. The van der Waals surface area contributed by atoms with Crippen molar-refractivity contribution in [1.29, 1.82) is 5.26 Å². The zero-order chi connectivity index (χ0) is 11.3. The summed E-state index contributed by atoms with van der Waals surface area (Å²) in [6.07, 6.45) is 3.34. The van der Waals surface area contributed by atoms with Crippen LogP contribution in [0.2, 0.25) is 0 Å². The van der Waals surface area contributed by atoms with E-state index in [4.69, 9.17) is 15.7 Å². The largest absolute Gasteiger partial charge is 0.504 e. The number of phenolic OH excluding ortho intramolecular Hbond substituents is 1. The summed E-state index contributed by atoms with van der Waals surface area (Å²) in [5.41, 5.74) is 6.26. The fraction of sp³-hybridized carbons (Fsp3) is 0.182. The second-order valence-corrected chi connectivity index (χ2v) is 2.87. The van der Waals surface area contributed by atoms with Crippen LogP contribution in [0.25, 0.3) is 6.08 Å². The van der Waals surface area contributed by atoms with Gasteiger partial charge in [-0.25, -0.2) is 0 Å². The maximum absolute atomic E-state index is 9.71. The first-order valence-corrected chi connectivity index (χ1v) is 4.40. The molecule has 4 nitrogen and oxygen atoms in total. The van der Waals surface area contributed by atoms with E-state index in [2.05, 4.69) is 0 Å². The lowest BCUT2D eigenvalue weighted by atomic mass is 10.1. The second-order valence-electron chi connectivity index (χ2n) is 2.87. The fourth-order valence-electron chi connectivity index (χ4n) is 1.17. The highest BCUT2D eigenvalue weighted by atomic mass is 16.5. The number of nitrogens with zero attached hydrogens (tertiary/aromatic N) is 1. The Bertz CT molecular complexity index is 419. The molecule has 0 spiro atoms. The SMILES string of the molecule is COc1cc(C#N)cc(C=CCN)c1O. The molecule has 0 aliphatic carbocycles. The maximum atomic E-state index is 9.71. The highest BCUT2D eigenvalue weighted by molar-refractivity contribution is 5.64. The van der Waals surface area contributed by atoms with Crippen LogP contribution in [0.15, 0.2) is 18.2 Å². The lowest BCUT2D eigenvalue weighted by Gasteiger charge is -2.06. The average Bonchev–Trinajstić information content (AvgIpc) is 2.27. The predicted molar refractivity (Wildman–Crippen MR) is 57.5 cm³/mol. The van der Waals surface area contributed by atoms with Crippen molar-refractivity contribution in [2.45, 2.75) is 0 Å². The molecule has 0 amide bonds. The summed E-state index contributed by atoms with van der Waals surface area (Å²) in [5.74, 6) is 0.298. The summed E-state index contributed by atoms with van der Waals surface area (Å²) >= 11 is 0. The quantitative estimate of drug-likeness (QED) is 0.776. The Labute approximate surface area is 88.2 Å². The first-order chi connectivity index (χ1) is 7.22. The van der Waals surface area contributed by atoms with Gasteiger partial charge in [0.1, 0.15) is 0 Å². The van der Waals surface area contributed by atoms with Crippen LogP contribution in [0.4, 0.5) is 0 Å². The van der Waals surface area contributed by atoms with E-state index in [9.17, 15) is 5.11 Å². The molecular weight excluding hydrogens is 192 g/mol. The van der Waals surface area contributed by atoms with Crippen LogP contribution in [-0.4, -0.2) is 18.8 Å². The molecule has 0 unspecified atom stereocenters. The minimum atomic E-state index is 0.0150. The van der Waals surface area contributed by atoms with Gasteiger partial charge in [0.15, 0.2) is 11.5 Å². The average molecular weight is 204 g/mol. The van der Waals surface area contributed by atoms with Crippen molar-refractivity contribution in [2.24, 2.45) is 5.73 Å². The van der Waals surface area contributed by atoms with E-state index in [-0.39, 0.29) is 11.5 Å². The van der Waals surface area contributed by atoms with Gasteiger partial charge in [-0.15, -0.1) is 0 Å². The van der Waals surface area contributed by atoms with E-state index in [1.165, 1.54) is 13.2 Å². The van der Waals surface area contributed by atoms with Crippen LogP contribution < -0.4 is 10.5 Å². The number of nitrogens with two attached hydrogens (primary N) is 1. The Hall–Kier alpha value is -1.99. The fourth-order valence-corrected chi connectivity index (χ4v) is 1.17. The van der Waals surface area contributed by atoms with Gasteiger partial charge < -0.3 is 15.6 Å². The lowest BCUT2D eigenvalue weighted by molar-refractivity contribution is 0.373. The van der Waals surface area contributed by atoms with Crippen molar-refractivity contribution in [2.75, 3.05) is 13.7 Å². The number of rotatable bonds is 3. The third kappa shape index (κ3) is 2.48. The number of benzene rings is 1. The Balaban J connectivity index is 3.25. The molecule has 0 aromatic heterocycles. The summed E-state index contributed by atoms with van der Waals surface area (Å²) in [7, 11) is 1.44. The number of hydrogen-bond donors (Lipinski definition) is 2. The van der Waals surface area contributed by atoms with Gasteiger partial charge in [-0.3, -0.25) is 0 Å². The second kappa shape index (κ2) is 5.03. The van der Waals surface area contributed by atoms with Gasteiger partial charge in [-0.2, -0.15) is 5.26 Å². The predicted octanol–water partition coefficient (Wildman–Crippen LogP) is 1.24. The Morgan fingerprint density at radius 2 is 2.33 bits per heavy atom. The van der Waals surface area contributed by atoms with Crippen LogP contribution in [0, 0.1) is 11.3 Å². The molecule has 78 valence electrons. The standard InChI is InChI=1S/C11H12N2O2/c1-15-10-6-8(7-13)5-9(11(10)14)3-2-4-12/h2-3,5-6,14H,4,12H2,1H3. The highest BCUT2D eigenvalue weighted by Gasteiger charge is 2.07. The van der Waals surface area contributed by atoms with E-state index in [1.54, 1.807) is 18.2 Å². The van der Waals surface area contributed by atoms with Crippen molar-refractivity contribution < 1.29 is 9.84 Å². The van der Waals surface area contributed by atoms with Crippen LogP contribution in [-0.2, 0) is 0 Å². The van der Waals surface area contributed by atoms with Crippen molar-refractivity contribution in [3.63, 3.8) is 0 Å². The molecule has 0 heterocycles. The molecule has 0 bridgehead atoms. The van der Waals surface area contributed by atoms with Gasteiger partial charge in [-0.1, -0.05) is 12.2 Å². The first-order valence-electron chi connectivity index (χ1n) is 4.40. The van der Waals surface area contributed by atoms with Gasteiger partial charge in [0.25, 0.3) is 0 Å². The Morgan fingerprint density at radius 1 is 1.60 bits per heavy atom. The third-order valence-electron chi connectivity index (χ3n) is 1.89. The topological polar surface area (TPSA) is 79.3 Å². The maximum Gasteiger partial charge on any atom is 0.165 e. The summed E-state index contributed by atoms with van der Waals surface area (Å²) in [5, 5.41) is 18.5. The third-order valence-corrected chi connectivity index (χ3v) is 1.89. The van der Waals surface area contributed by atoms with E-state index in [0.29, 0.717) is 17.7 Å². The normalized spacial score (nSPS) is 10.2. The minimum Gasteiger partial charge on any atom is -0.504 e. The Kier molecular flexibility index (Phi) is 3.72. The van der Waals surface area contributed by atoms with Crippen molar-refractivity contribution in [1.82, 2.24) is 0 Å². The van der Waals surface area contributed by atoms with E-state index >= 15 is 0 Å². The van der Waals surface area contributed by atoms with Crippen LogP contribution in [0.5, 0.6) is 11.5 Å². The van der Waals surface area contributed by atoms with Crippen molar-refractivity contribution >= 4 is 6.08 Å². The monoisotopic (exact) mass is 204 g/mol. The zero-order valence-corrected chi connectivity index (χ0v) is 8.40. The van der Waals surface area contributed by atoms with Crippen molar-refractivity contribution in [3.05, 3.63) is 29.3 Å². The summed E-state index contributed by atoms with van der Waals surface area (Å²) < 4.78 is 4.94. The molecule has 0 radical (unpaired) electrons. The molecule has 0 aliphatic rings. The molecule has 0 saturated heterocycles.